The van der Waals surface area contributed by atoms with Crippen LogP contribution in [-0.4, -0.2) is 57.9 Å². The number of benzene rings is 1. The molecule has 1 aromatic rings. The summed E-state index contributed by atoms with van der Waals surface area (Å²) in [5, 5.41) is 8.63. The second-order valence-electron chi connectivity index (χ2n) is 5.53. The van der Waals surface area contributed by atoms with Gasteiger partial charge in [-0.25, -0.2) is 0 Å². The van der Waals surface area contributed by atoms with E-state index in [0.29, 0.717) is 44.3 Å². The zero-order valence-electron chi connectivity index (χ0n) is 14.6. The van der Waals surface area contributed by atoms with Gasteiger partial charge in [-0.2, -0.15) is 0 Å². The maximum atomic E-state index is 12.1. The Bertz CT molecular complexity index is 588. The third-order valence-corrected chi connectivity index (χ3v) is 3.67. The molecule has 1 atom stereocenters. The zero-order chi connectivity index (χ0) is 18.1. The van der Waals surface area contributed by atoms with E-state index in [0.717, 1.165) is 5.56 Å². The van der Waals surface area contributed by atoms with Gasteiger partial charge in [0.1, 0.15) is 6.04 Å². The number of hydrogen-bond acceptors (Lipinski definition) is 6. The van der Waals surface area contributed by atoms with Gasteiger partial charge in [0.05, 0.1) is 20.3 Å². The first-order valence-electron chi connectivity index (χ1n) is 8.29. The lowest BCUT2D eigenvalue weighted by molar-refractivity contribution is -0.126. The van der Waals surface area contributed by atoms with Crippen LogP contribution in [0, 0.1) is 0 Å². The summed E-state index contributed by atoms with van der Waals surface area (Å²) >= 11 is 0. The van der Waals surface area contributed by atoms with Gasteiger partial charge in [-0.05, 0) is 24.6 Å². The SMILES string of the molecule is CCNC(=O)COc1ccc(CNC(=O)C2COCCN2)cc1OC. The molecule has 8 heteroatoms. The minimum atomic E-state index is -0.324. The first-order valence-corrected chi connectivity index (χ1v) is 8.29. The van der Waals surface area contributed by atoms with Gasteiger partial charge in [0.25, 0.3) is 5.91 Å². The van der Waals surface area contributed by atoms with Crippen molar-refractivity contribution in [2.75, 3.05) is 40.0 Å². The molecule has 1 saturated heterocycles. The maximum Gasteiger partial charge on any atom is 0.257 e. The molecule has 8 nitrogen and oxygen atoms in total. The van der Waals surface area contributed by atoms with E-state index < -0.39 is 0 Å². The Morgan fingerprint density at radius 2 is 2.16 bits per heavy atom. The molecule has 0 aliphatic carbocycles. The smallest absolute Gasteiger partial charge is 0.257 e. The van der Waals surface area contributed by atoms with E-state index in [4.69, 9.17) is 14.2 Å². The van der Waals surface area contributed by atoms with E-state index in [1.54, 1.807) is 12.1 Å². The number of methoxy groups -OCH3 is 1. The molecule has 0 radical (unpaired) electrons. The number of rotatable bonds is 8. The fourth-order valence-electron chi connectivity index (χ4n) is 2.38. The highest BCUT2D eigenvalue weighted by molar-refractivity contribution is 5.82. The number of amides is 2. The predicted octanol–water partition coefficient (Wildman–Crippen LogP) is -0.185. The minimum Gasteiger partial charge on any atom is -0.493 e. The average Bonchev–Trinajstić information content (AvgIpc) is 2.65. The van der Waals surface area contributed by atoms with Crippen molar-refractivity contribution in [1.82, 2.24) is 16.0 Å². The van der Waals surface area contributed by atoms with Crippen LogP contribution in [0.2, 0.25) is 0 Å². The minimum absolute atomic E-state index is 0.0758. The fourth-order valence-corrected chi connectivity index (χ4v) is 2.38. The lowest BCUT2D eigenvalue weighted by atomic mass is 10.2. The van der Waals surface area contributed by atoms with Crippen molar-refractivity contribution < 1.29 is 23.8 Å². The summed E-state index contributed by atoms with van der Waals surface area (Å²) in [6.45, 7) is 4.36. The number of ether oxygens (including phenoxy) is 3. The van der Waals surface area contributed by atoms with Crippen molar-refractivity contribution in [1.29, 1.82) is 0 Å². The molecule has 25 heavy (non-hydrogen) atoms. The van der Waals surface area contributed by atoms with Gasteiger partial charge in [-0.15, -0.1) is 0 Å². The normalized spacial score (nSPS) is 16.8. The summed E-state index contributed by atoms with van der Waals surface area (Å²) in [5.74, 6) is 0.694. The molecular formula is C17H25N3O5. The molecule has 2 amide bonds. The van der Waals surface area contributed by atoms with Crippen LogP contribution in [0.15, 0.2) is 18.2 Å². The molecule has 0 bridgehead atoms. The fraction of sp³-hybridized carbons (Fsp3) is 0.529. The van der Waals surface area contributed by atoms with Gasteiger partial charge in [0.15, 0.2) is 18.1 Å². The standard InChI is InChI=1S/C17H25N3O5/c1-3-18-16(21)11-25-14-5-4-12(8-15(14)23-2)9-20-17(22)13-10-24-7-6-19-13/h4-5,8,13,19H,3,6-7,9-11H2,1-2H3,(H,18,21)(H,20,22). The van der Waals surface area contributed by atoms with Crippen LogP contribution in [0.3, 0.4) is 0 Å². The quantitative estimate of drug-likeness (QED) is 0.601. The highest BCUT2D eigenvalue weighted by atomic mass is 16.5. The summed E-state index contributed by atoms with van der Waals surface area (Å²) < 4.78 is 16.0. The van der Waals surface area contributed by atoms with Crippen LogP contribution in [-0.2, 0) is 20.9 Å². The largest absolute Gasteiger partial charge is 0.493 e. The van der Waals surface area contributed by atoms with E-state index in [2.05, 4.69) is 16.0 Å². The Morgan fingerprint density at radius 3 is 2.84 bits per heavy atom. The molecule has 1 fully saturated rings. The highest BCUT2D eigenvalue weighted by Crippen LogP contribution is 2.28. The predicted molar refractivity (Wildman–Crippen MR) is 91.6 cm³/mol. The molecule has 0 spiro atoms. The molecule has 138 valence electrons. The summed E-state index contributed by atoms with van der Waals surface area (Å²) in [6.07, 6.45) is 0. The maximum absolute atomic E-state index is 12.1. The van der Waals surface area contributed by atoms with Gasteiger partial charge < -0.3 is 30.2 Å². The molecule has 2 rings (SSSR count). The molecule has 1 unspecified atom stereocenters. The molecule has 1 heterocycles. The van der Waals surface area contributed by atoms with Crippen molar-refractivity contribution in [3.05, 3.63) is 23.8 Å². The Hall–Kier alpha value is -2.32. The van der Waals surface area contributed by atoms with Crippen LogP contribution >= 0.6 is 0 Å². The third-order valence-electron chi connectivity index (χ3n) is 3.67. The van der Waals surface area contributed by atoms with Crippen molar-refractivity contribution in [2.24, 2.45) is 0 Å². The lowest BCUT2D eigenvalue weighted by Gasteiger charge is -2.23. The van der Waals surface area contributed by atoms with Crippen molar-refractivity contribution in [2.45, 2.75) is 19.5 Å². The van der Waals surface area contributed by atoms with Crippen LogP contribution in [0.25, 0.3) is 0 Å². The first kappa shape index (κ1) is 19.0. The molecular weight excluding hydrogens is 326 g/mol. The van der Waals surface area contributed by atoms with Crippen molar-refractivity contribution >= 4 is 11.8 Å². The molecule has 0 saturated carbocycles. The molecule has 1 aliphatic heterocycles. The second kappa shape index (κ2) is 9.85. The van der Waals surface area contributed by atoms with Crippen LogP contribution in [0.1, 0.15) is 12.5 Å². The average molecular weight is 351 g/mol. The molecule has 0 aromatic heterocycles. The van der Waals surface area contributed by atoms with E-state index >= 15 is 0 Å². The van der Waals surface area contributed by atoms with Crippen LogP contribution in [0.5, 0.6) is 11.5 Å². The van der Waals surface area contributed by atoms with E-state index in [1.165, 1.54) is 7.11 Å². The molecule has 1 aromatic carbocycles. The third kappa shape index (κ3) is 5.91. The number of carbonyl (C=O) groups excluding carboxylic acids is 2. The lowest BCUT2D eigenvalue weighted by Crippen LogP contribution is -2.51. The van der Waals surface area contributed by atoms with E-state index in [1.807, 2.05) is 13.0 Å². The highest BCUT2D eigenvalue weighted by Gasteiger charge is 2.20. The summed E-state index contributed by atoms with van der Waals surface area (Å²) in [5.41, 5.74) is 0.868. The first-order chi connectivity index (χ1) is 12.1. The Kier molecular flexibility index (Phi) is 7.49. The second-order valence-corrected chi connectivity index (χ2v) is 5.53. The number of hydrogen-bond donors (Lipinski definition) is 3. The van der Waals surface area contributed by atoms with Crippen LogP contribution in [0.4, 0.5) is 0 Å². The van der Waals surface area contributed by atoms with Crippen molar-refractivity contribution in [3.63, 3.8) is 0 Å². The number of morpholine rings is 1. The van der Waals surface area contributed by atoms with Crippen molar-refractivity contribution in [3.8, 4) is 11.5 Å². The van der Waals surface area contributed by atoms with E-state index in [9.17, 15) is 9.59 Å². The number of carbonyl (C=O) groups is 2. The van der Waals surface area contributed by atoms with Gasteiger partial charge in [-0.1, -0.05) is 6.07 Å². The summed E-state index contributed by atoms with van der Waals surface area (Å²) in [7, 11) is 1.53. The summed E-state index contributed by atoms with van der Waals surface area (Å²) in [6, 6.07) is 5.00. The molecule has 1 aliphatic rings. The Labute approximate surface area is 147 Å². The van der Waals surface area contributed by atoms with E-state index in [-0.39, 0.29) is 24.5 Å². The monoisotopic (exact) mass is 351 g/mol. The van der Waals surface area contributed by atoms with Gasteiger partial charge in [0.2, 0.25) is 5.91 Å². The Morgan fingerprint density at radius 1 is 1.32 bits per heavy atom. The van der Waals surface area contributed by atoms with Gasteiger partial charge in [-0.3, -0.25) is 9.59 Å². The zero-order valence-corrected chi connectivity index (χ0v) is 14.6. The number of nitrogens with one attached hydrogen (secondary N) is 3. The topological polar surface area (TPSA) is 97.9 Å². The molecule has 3 N–H and O–H groups in total. The number of likely N-dealkylation sites (N-methyl/N-ethyl adjacent to an activating group) is 1. The Balaban J connectivity index is 1.89. The van der Waals surface area contributed by atoms with Crippen LogP contribution < -0.4 is 25.4 Å². The summed E-state index contributed by atoms with van der Waals surface area (Å²) in [4.78, 5) is 23.5. The van der Waals surface area contributed by atoms with Gasteiger partial charge >= 0.3 is 0 Å². The van der Waals surface area contributed by atoms with Gasteiger partial charge in [0, 0.05) is 19.6 Å².